The minimum atomic E-state index is -3.93. The van der Waals surface area contributed by atoms with E-state index in [-0.39, 0.29) is 15.2 Å². The van der Waals surface area contributed by atoms with Gasteiger partial charge in [0.2, 0.25) is 9.84 Å². The van der Waals surface area contributed by atoms with Crippen LogP contribution >= 0.6 is 0 Å². The number of nitrogens with zero attached hydrogens (tertiary/aromatic N) is 1. The van der Waals surface area contributed by atoms with Gasteiger partial charge in [0.25, 0.3) is 5.56 Å². The van der Waals surface area contributed by atoms with E-state index in [4.69, 9.17) is 0 Å². The van der Waals surface area contributed by atoms with E-state index in [1.54, 1.807) is 35.7 Å². The average molecular weight is 371 g/mol. The molecule has 3 aromatic rings. The van der Waals surface area contributed by atoms with Gasteiger partial charge in [-0.2, -0.15) is 0 Å². The van der Waals surface area contributed by atoms with Crippen LogP contribution in [0, 0.1) is 6.92 Å². The van der Waals surface area contributed by atoms with Crippen LogP contribution in [0.5, 0.6) is 0 Å². The van der Waals surface area contributed by atoms with Crippen LogP contribution in [0.15, 0.2) is 51.0 Å². The van der Waals surface area contributed by atoms with Crippen molar-refractivity contribution in [3.05, 3.63) is 58.0 Å². The van der Waals surface area contributed by atoms with Crippen LogP contribution in [-0.2, 0) is 15.3 Å². The second-order valence-electron chi connectivity index (χ2n) is 7.42. The Labute approximate surface area is 151 Å². The van der Waals surface area contributed by atoms with E-state index >= 15 is 0 Å². The number of aromatic amines is 1. The molecule has 2 N–H and O–H groups in total. The molecule has 0 saturated carbocycles. The van der Waals surface area contributed by atoms with Gasteiger partial charge in [-0.1, -0.05) is 32.0 Å². The van der Waals surface area contributed by atoms with Gasteiger partial charge in [0.1, 0.15) is 0 Å². The molecule has 4 rings (SSSR count). The minimum Gasteiger partial charge on any atom is -0.384 e. The number of sulfone groups is 1. The van der Waals surface area contributed by atoms with E-state index < -0.39 is 15.4 Å². The maximum absolute atomic E-state index is 13.2. The van der Waals surface area contributed by atoms with Crippen molar-refractivity contribution in [1.82, 2.24) is 9.61 Å². The predicted octanol–water partition coefficient (Wildman–Crippen LogP) is 2.86. The smallest absolute Gasteiger partial charge is 0.284 e. The number of aryl methyl sites for hydroxylation is 1. The van der Waals surface area contributed by atoms with Crippen molar-refractivity contribution in [2.24, 2.45) is 0 Å². The van der Waals surface area contributed by atoms with Crippen LogP contribution in [0.3, 0.4) is 0 Å². The minimum absolute atomic E-state index is 0.161. The summed E-state index contributed by atoms with van der Waals surface area (Å²) >= 11 is 0. The largest absolute Gasteiger partial charge is 0.384 e. The Kier molecular flexibility index (Phi) is 3.56. The molecule has 0 fully saturated rings. The van der Waals surface area contributed by atoms with E-state index in [0.717, 1.165) is 24.3 Å². The van der Waals surface area contributed by atoms with Crippen LogP contribution in [0.2, 0.25) is 0 Å². The molecule has 0 bridgehead atoms. The fourth-order valence-corrected chi connectivity index (χ4v) is 5.48. The van der Waals surface area contributed by atoms with Crippen LogP contribution in [-0.4, -0.2) is 24.6 Å². The van der Waals surface area contributed by atoms with Gasteiger partial charge in [0.05, 0.1) is 21.8 Å². The highest BCUT2D eigenvalue weighted by atomic mass is 32.2. The molecule has 0 radical (unpaired) electrons. The standard InChI is InChI=1S/C19H21N3O3S/c1-12-6-4-5-7-15(12)26(24,25)16-14-9-8-13-17(22(14)21-18(16)23)19(2,3)10-11-20-13/h4-9,20H,10-11H2,1-3H3,(H,21,23). The first-order chi connectivity index (χ1) is 12.2. The molecule has 1 aromatic carbocycles. The van der Waals surface area contributed by atoms with Gasteiger partial charge >= 0.3 is 0 Å². The van der Waals surface area contributed by atoms with Crippen molar-refractivity contribution >= 4 is 21.0 Å². The van der Waals surface area contributed by atoms with Crippen molar-refractivity contribution in [3.63, 3.8) is 0 Å². The fourth-order valence-electron chi connectivity index (χ4n) is 3.78. The van der Waals surface area contributed by atoms with Crippen LogP contribution in [0.25, 0.3) is 5.52 Å². The first kappa shape index (κ1) is 16.9. The number of H-pyrrole nitrogens is 1. The molecule has 0 aliphatic carbocycles. The summed E-state index contributed by atoms with van der Waals surface area (Å²) in [5.74, 6) is 0. The second-order valence-corrected chi connectivity index (χ2v) is 9.27. The summed E-state index contributed by atoms with van der Waals surface area (Å²) in [6, 6.07) is 10.3. The molecule has 6 nitrogen and oxygen atoms in total. The third-order valence-electron chi connectivity index (χ3n) is 5.14. The number of pyridine rings is 1. The Balaban J connectivity index is 2.07. The lowest BCUT2D eigenvalue weighted by molar-refractivity contribution is 0.454. The number of anilines is 1. The molecule has 0 unspecified atom stereocenters. The van der Waals surface area contributed by atoms with Gasteiger partial charge in [-0.05, 0) is 37.1 Å². The first-order valence-corrected chi connectivity index (χ1v) is 10.0. The van der Waals surface area contributed by atoms with Gasteiger partial charge in [0, 0.05) is 12.0 Å². The van der Waals surface area contributed by atoms with Gasteiger partial charge in [-0.3, -0.25) is 14.4 Å². The molecule has 3 heterocycles. The summed E-state index contributed by atoms with van der Waals surface area (Å²) in [4.78, 5) is 12.7. The lowest BCUT2D eigenvalue weighted by Crippen LogP contribution is -2.31. The van der Waals surface area contributed by atoms with E-state index in [0.29, 0.717) is 11.1 Å². The summed E-state index contributed by atoms with van der Waals surface area (Å²) in [6.45, 7) is 6.76. The zero-order valence-electron chi connectivity index (χ0n) is 15.0. The summed E-state index contributed by atoms with van der Waals surface area (Å²) in [5.41, 5.74) is 2.03. The lowest BCUT2D eigenvalue weighted by Gasteiger charge is -2.33. The number of aromatic nitrogens is 2. The number of rotatable bonds is 2. The Morgan fingerprint density at radius 3 is 2.58 bits per heavy atom. The highest BCUT2D eigenvalue weighted by molar-refractivity contribution is 7.91. The normalized spacial score (nSPS) is 16.3. The highest BCUT2D eigenvalue weighted by Crippen LogP contribution is 2.37. The Hall–Kier alpha value is -2.54. The predicted molar refractivity (Wildman–Crippen MR) is 101 cm³/mol. The topological polar surface area (TPSA) is 83.4 Å². The highest BCUT2D eigenvalue weighted by Gasteiger charge is 2.34. The number of hydrogen-bond donors (Lipinski definition) is 2. The maximum atomic E-state index is 13.2. The summed E-state index contributed by atoms with van der Waals surface area (Å²) in [5, 5.41) is 6.07. The first-order valence-electron chi connectivity index (χ1n) is 8.56. The number of benzene rings is 1. The average Bonchev–Trinajstić information content (AvgIpc) is 2.90. The number of fused-ring (bicyclic) bond motifs is 3. The van der Waals surface area contributed by atoms with E-state index in [1.165, 1.54) is 6.07 Å². The van der Waals surface area contributed by atoms with Gasteiger partial charge < -0.3 is 5.32 Å². The second kappa shape index (κ2) is 5.48. The van der Waals surface area contributed by atoms with E-state index in [1.807, 2.05) is 6.07 Å². The van der Waals surface area contributed by atoms with Crippen LogP contribution in [0.1, 0.15) is 31.5 Å². The molecule has 0 amide bonds. The molecular formula is C19H21N3O3S. The third kappa shape index (κ3) is 2.30. The molecule has 2 aromatic heterocycles. The van der Waals surface area contributed by atoms with Gasteiger partial charge in [-0.15, -0.1) is 0 Å². The lowest BCUT2D eigenvalue weighted by atomic mass is 9.82. The molecule has 0 saturated heterocycles. The van der Waals surface area contributed by atoms with Crippen molar-refractivity contribution in [2.45, 2.75) is 42.4 Å². The Morgan fingerprint density at radius 1 is 1.12 bits per heavy atom. The molecule has 1 aliphatic rings. The van der Waals surface area contributed by atoms with E-state index in [9.17, 15) is 13.2 Å². The monoisotopic (exact) mass is 371 g/mol. The van der Waals surface area contributed by atoms with E-state index in [2.05, 4.69) is 24.3 Å². The zero-order chi connectivity index (χ0) is 18.7. The molecule has 136 valence electrons. The molecule has 26 heavy (non-hydrogen) atoms. The third-order valence-corrected chi connectivity index (χ3v) is 7.11. The SMILES string of the molecule is Cc1ccccc1S(=O)(=O)c1c(=O)[nH]n2c3c(ccc12)NCCC3(C)C. The molecular weight excluding hydrogens is 350 g/mol. The van der Waals surface area contributed by atoms with Crippen molar-refractivity contribution in [2.75, 3.05) is 11.9 Å². The summed E-state index contributed by atoms with van der Waals surface area (Å²) in [6.07, 6.45) is 0.888. The molecule has 0 spiro atoms. The summed E-state index contributed by atoms with van der Waals surface area (Å²) in [7, 11) is -3.93. The maximum Gasteiger partial charge on any atom is 0.284 e. The van der Waals surface area contributed by atoms with Gasteiger partial charge in [-0.25, -0.2) is 8.42 Å². The number of nitrogens with one attached hydrogen (secondary N) is 2. The molecule has 1 aliphatic heterocycles. The van der Waals surface area contributed by atoms with Gasteiger partial charge in [0.15, 0.2) is 4.90 Å². The molecule has 7 heteroatoms. The van der Waals surface area contributed by atoms with Crippen molar-refractivity contribution in [3.8, 4) is 0 Å². The zero-order valence-corrected chi connectivity index (χ0v) is 15.8. The fraction of sp³-hybridized carbons (Fsp3) is 0.316. The summed E-state index contributed by atoms with van der Waals surface area (Å²) < 4.78 is 28.1. The Bertz CT molecular complexity index is 1190. The number of hydrogen-bond acceptors (Lipinski definition) is 4. The Morgan fingerprint density at radius 2 is 1.85 bits per heavy atom. The van der Waals surface area contributed by atoms with Crippen LogP contribution in [0.4, 0.5) is 5.69 Å². The molecule has 0 atom stereocenters. The quantitative estimate of drug-likeness (QED) is 0.726. The van der Waals surface area contributed by atoms with Crippen molar-refractivity contribution in [1.29, 1.82) is 0 Å². The van der Waals surface area contributed by atoms with Crippen LogP contribution < -0.4 is 10.9 Å². The van der Waals surface area contributed by atoms with Crippen molar-refractivity contribution < 1.29 is 8.42 Å².